The summed E-state index contributed by atoms with van der Waals surface area (Å²) >= 11 is 9.78. The lowest BCUT2D eigenvalue weighted by atomic mass is 10.1. The fraction of sp³-hybridized carbons (Fsp3) is 0. The van der Waals surface area contributed by atoms with Crippen molar-refractivity contribution < 1.29 is 9.18 Å². The van der Waals surface area contributed by atoms with Crippen molar-refractivity contribution in [3.8, 4) is 0 Å². The standard InChI is InChI=1S/C9H3BrClFN2OS/c10-5-2-1-4(8(12)7(5)11)9(15)6-3-16-14-13-6/h1-3H. The van der Waals surface area contributed by atoms with Gasteiger partial charge in [-0.3, -0.25) is 4.79 Å². The van der Waals surface area contributed by atoms with Crippen LogP contribution in [0.1, 0.15) is 16.1 Å². The molecular weight excluding hydrogens is 319 g/mol. The summed E-state index contributed by atoms with van der Waals surface area (Å²) in [5.41, 5.74) is 0.00295. The highest BCUT2D eigenvalue weighted by atomic mass is 79.9. The van der Waals surface area contributed by atoms with E-state index in [1.807, 2.05) is 0 Å². The topological polar surface area (TPSA) is 42.9 Å². The molecule has 1 aromatic heterocycles. The van der Waals surface area contributed by atoms with Crippen LogP contribution in [0, 0.1) is 5.82 Å². The van der Waals surface area contributed by atoms with E-state index in [4.69, 9.17) is 11.6 Å². The van der Waals surface area contributed by atoms with Crippen LogP contribution in [0.15, 0.2) is 22.0 Å². The molecule has 0 N–H and O–H groups in total. The first-order chi connectivity index (χ1) is 7.61. The maximum Gasteiger partial charge on any atom is 0.217 e. The van der Waals surface area contributed by atoms with Gasteiger partial charge in [0.25, 0.3) is 0 Å². The molecule has 0 amide bonds. The molecule has 0 saturated carbocycles. The van der Waals surface area contributed by atoms with Gasteiger partial charge in [-0.25, -0.2) is 4.39 Å². The van der Waals surface area contributed by atoms with Crippen molar-refractivity contribution in [2.45, 2.75) is 0 Å². The molecular formula is C9H3BrClFN2OS. The third kappa shape index (κ3) is 2.00. The predicted molar refractivity (Wildman–Crippen MR) is 62.5 cm³/mol. The van der Waals surface area contributed by atoms with Crippen molar-refractivity contribution in [2.75, 3.05) is 0 Å². The minimum Gasteiger partial charge on any atom is -0.287 e. The Hall–Kier alpha value is -0.850. The van der Waals surface area contributed by atoms with Crippen LogP contribution < -0.4 is 0 Å². The highest BCUT2D eigenvalue weighted by Gasteiger charge is 2.19. The molecule has 3 nitrogen and oxygen atoms in total. The van der Waals surface area contributed by atoms with E-state index in [1.54, 1.807) is 0 Å². The second-order valence-electron chi connectivity index (χ2n) is 2.84. The summed E-state index contributed by atoms with van der Waals surface area (Å²) in [6, 6.07) is 2.87. The molecule has 1 aromatic carbocycles. The Labute approximate surface area is 108 Å². The molecule has 0 aliphatic rings. The van der Waals surface area contributed by atoms with Crippen LogP contribution in [0.25, 0.3) is 0 Å². The summed E-state index contributed by atoms with van der Waals surface area (Å²) in [6.07, 6.45) is 0. The highest BCUT2D eigenvalue weighted by Crippen LogP contribution is 2.28. The van der Waals surface area contributed by atoms with E-state index >= 15 is 0 Å². The van der Waals surface area contributed by atoms with Crippen molar-refractivity contribution in [2.24, 2.45) is 0 Å². The summed E-state index contributed by atoms with van der Waals surface area (Å²) < 4.78 is 17.6. The number of ketones is 1. The summed E-state index contributed by atoms with van der Waals surface area (Å²) in [7, 11) is 0. The minimum atomic E-state index is -0.756. The van der Waals surface area contributed by atoms with E-state index < -0.39 is 11.6 Å². The molecule has 0 unspecified atom stereocenters. The van der Waals surface area contributed by atoms with Crippen LogP contribution >= 0.6 is 39.1 Å². The molecule has 0 atom stereocenters. The summed E-state index contributed by atoms with van der Waals surface area (Å²) in [4.78, 5) is 11.8. The number of carbonyl (C=O) groups excluding carboxylic acids is 1. The lowest BCUT2D eigenvalue weighted by Crippen LogP contribution is -2.05. The van der Waals surface area contributed by atoms with Crippen LogP contribution in [-0.2, 0) is 0 Å². The van der Waals surface area contributed by atoms with Crippen molar-refractivity contribution in [3.63, 3.8) is 0 Å². The van der Waals surface area contributed by atoms with Crippen molar-refractivity contribution in [3.05, 3.63) is 44.1 Å². The molecule has 0 spiro atoms. The van der Waals surface area contributed by atoms with E-state index in [-0.39, 0.29) is 16.3 Å². The number of hydrogen-bond donors (Lipinski definition) is 0. The Bertz CT molecular complexity index is 547. The fourth-order valence-corrected chi connectivity index (χ4v) is 2.01. The van der Waals surface area contributed by atoms with Gasteiger partial charge in [-0.05, 0) is 39.6 Å². The van der Waals surface area contributed by atoms with Crippen molar-refractivity contribution in [1.82, 2.24) is 9.59 Å². The summed E-state index contributed by atoms with van der Waals surface area (Å²) in [5, 5.41) is 4.92. The lowest BCUT2D eigenvalue weighted by Gasteiger charge is -2.03. The maximum absolute atomic E-state index is 13.7. The van der Waals surface area contributed by atoms with Gasteiger partial charge in [0, 0.05) is 9.85 Å². The number of aromatic nitrogens is 2. The molecule has 0 bridgehead atoms. The molecule has 7 heteroatoms. The van der Waals surface area contributed by atoms with E-state index in [0.29, 0.717) is 4.47 Å². The average molecular weight is 322 g/mol. The largest absolute Gasteiger partial charge is 0.287 e. The molecule has 0 aliphatic heterocycles. The van der Waals surface area contributed by atoms with Crippen molar-refractivity contribution in [1.29, 1.82) is 0 Å². The first-order valence-corrected chi connectivity index (χ1v) is 6.07. The van der Waals surface area contributed by atoms with Gasteiger partial charge in [-0.2, -0.15) is 0 Å². The molecule has 2 aromatic rings. The first-order valence-electron chi connectivity index (χ1n) is 4.06. The maximum atomic E-state index is 13.7. The van der Waals surface area contributed by atoms with E-state index in [9.17, 15) is 9.18 Å². The minimum absolute atomic E-state index is 0.110. The monoisotopic (exact) mass is 320 g/mol. The Balaban J connectivity index is 2.50. The van der Waals surface area contributed by atoms with Crippen LogP contribution in [0.5, 0.6) is 0 Å². The second kappa shape index (κ2) is 4.57. The number of halogens is 3. The third-order valence-corrected chi connectivity index (χ3v) is 3.64. The van der Waals surface area contributed by atoms with Crippen molar-refractivity contribution >= 4 is 44.8 Å². The summed E-state index contributed by atoms with van der Waals surface area (Å²) in [6.45, 7) is 0. The fourth-order valence-electron chi connectivity index (χ4n) is 1.10. The molecule has 0 fully saturated rings. The molecule has 16 heavy (non-hydrogen) atoms. The van der Waals surface area contributed by atoms with Gasteiger partial charge in [0.1, 0.15) is 5.69 Å². The van der Waals surface area contributed by atoms with E-state index in [0.717, 1.165) is 11.5 Å². The second-order valence-corrected chi connectivity index (χ2v) is 4.68. The normalized spacial score (nSPS) is 10.4. The van der Waals surface area contributed by atoms with Gasteiger partial charge in [0.2, 0.25) is 5.78 Å². The van der Waals surface area contributed by atoms with Gasteiger partial charge in [0.05, 0.1) is 10.6 Å². The number of benzene rings is 1. The number of carbonyl (C=O) groups is 1. The van der Waals surface area contributed by atoms with Crippen LogP contribution in [0.4, 0.5) is 4.39 Å². The van der Waals surface area contributed by atoms with E-state index in [1.165, 1.54) is 17.5 Å². The van der Waals surface area contributed by atoms with Gasteiger partial charge in [-0.15, -0.1) is 5.10 Å². The zero-order valence-electron chi connectivity index (χ0n) is 7.58. The highest BCUT2D eigenvalue weighted by molar-refractivity contribution is 9.10. The lowest BCUT2D eigenvalue weighted by molar-refractivity contribution is 0.103. The quantitative estimate of drug-likeness (QED) is 0.629. The number of hydrogen-bond acceptors (Lipinski definition) is 4. The van der Waals surface area contributed by atoms with Gasteiger partial charge >= 0.3 is 0 Å². The molecule has 0 saturated heterocycles. The van der Waals surface area contributed by atoms with Crippen LogP contribution in [0.2, 0.25) is 5.02 Å². The molecule has 0 radical (unpaired) electrons. The average Bonchev–Trinajstić information content (AvgIpc) is 2.79. The third-order valence-electron chi connectivity index (χ3n) is 1.87. The van der Waals surface area contributed by atoms with Gasteiger partial charge in [-0.1, -0.05) is 16.1 Å². The Morgan fingerprint density at radius 3 is 2.88 bits per heavy atom. The predicted octanol–water partition coefficient (Wildman–Crippen LogP) is 3.32. The molecule has 2 rings (SSSR count). The summed E-state index contributed by atoms with van der Waals surface area (Å²) in [5.74, 6) is -1.28. The Morgan fingerprint density at radius 2 is 2.25 bits per heavy atom. The smallest absolute Gasteiger partial charge is 0.217 e. The Kier molecular flexibility index (Phi) is 3.32. The van der Waals surface area contributed by atoms with Crippen LogP contribution in [0.3, 0.4) is 0 Å². The molecule has 1 heterocycles. The number of rotatable bonds is 2. The van der Waals surface area contributed by atoms with E-state index in [2.05, 4.69) is 25.5 Å². The molecule has 0 aliphatic carbocycles. The first kappa shape index (κ1) is 11.6. The van der Waals surface area contributed by atoms with Gasteiger partial charge < -0.3 is 0 Å². The molecule has 82 valence electrons. The van der Waals surface area contributed by atoms with Gasteiger partial charge in [0.15, 0.2) is 5.82 Å². The SMILES string of the molecule is O=C(c1csnn1)c1ccc(Br)c(Cl)c1F. The zero-order valence-corrected chi connectivity index (χ0v) is 10.7. The Morgan fingerprint density at radius 1 is 1.50 bits per heavy atom. The van der Waals surface area contributed by atoms with Crippen LogP contribution in [-0.4, -0.2) is 15.4 Å². The zero-order chi connectivity index (χ0) is 11.7. The number of nitrogens with zero attached hydrogens (tertiary/aromatic N) is 2.